The molecule has 3 heteroatoms. The molecule has 0 saturated heterocycles. The molecule has 0 aliphatic rings. The minimum atomic E-state index is -1.46. The minimum Gasteiger partial charge on any atom is -0.476 e. The summed E-state index contributed by atoms with van der Waals surface area (Å²) in [6.07, 6.45) is 20.9. The number of rotatable bonds is 15. The summed E-state index contributed by atoms with van der Waals surface area (Å²) in [7, 11) is 0. The first kappa shape index (κ1) is 20.9. The van der Waals surface area contributed by atoms with Gasteiger partial charge in [-0.25, -0.2) is 4.79 Å². The minimum absolute atomic E-state index is 0.530. The monoisotopic (exact) mass is 312 g/mol. The largest absolute Gasteiger partial charge is 0.476 e. The molecule has 22 heavy (non-hydrogen) atoms. The van der Waals surface area contributed by atoms with Crippen molar-refractivity contribution in [1.82, 2.24) is 0 Å². The van der Waals surface area contributed by atoms with Gasteiger partial charge < -0.3 is 5.11 Å². The van der Waals surface area contributed by atoms with Crippen molar-refractivity contribution in [2.45, 2.75) is 90.4 Å². The molecule has 0 aromatic heterocycles. The predicted octanol–water partition coefficient (Wildman–Crippen LogP) is 6.57. The first-order valence-corrected chi connectivity index (χ1v) is 8.92. The molecule has 0 rings (SSSR count). The van der Waals surface area contributed by atoms with Crippen LogP contribution in [0.25, 0.3) is 0 Å². The average molecular weight is 312 g/mol. The van der Waals surface area contributed by atoms with E-state index in [1.54, 1.807) is 0 Å². The summed E-state index contributed by atoms with van der Waals surface area (Å²) >= 11 is 0. The molecule has 2 nitrogen and oxygen atoms in total. The van der Waals surface area contributed by atoms with Gasteiger partial charge in [0.15, 0.2) is 0 Å². The van der Waals surface area contributed by atoms with Crippen molar-refractivity contribution in [2.24, 2.45) is 0 Å². The highest BCUT2D eigenvalue weighted by Gasteiger charge is 2.02. The van der Waals surface area contributed by atoms with E-state index >= 15 is 0 Å². The number of unbranched alkanes of at least 4 members (excludes halogenated alkanes) is 11. The summed E-state index contributed by atoms with van der Waals surface area (Å²) in [6, 6.07) is 0. The summed E-state index contributed by atoms with van der Waals surface area (Å²) in [5, 5.41) is 8.35. The van der Waals surface area contributed by atoms with Gasteiger partial charge in [0, 0.05) is 0 Å². The fourth-order valence-corrected chi connectivity index (χ4v) is 2.34. The van der Waals surface area contributed by atoms with E-state index in [-0.39, 0.29) is 0 Å². The van der Waals surface area contributed by atoms with Crippen LogP contribution in [-0.2, 0) is 4.79 Å². The Morgan fingerprint density at radius 1 is 0.818 bits per heavy atom. The van der Waals surface area contributed by atoms with Crippen LogP contribution < -0.4 is 0 Å². The Morgan fingerprint density at radius 3 is 1.77 bits per heavy atom. The van der Waals surface area contributed by atoms with Crippen LogP contribution in [0.1, 0.15) is 90.4 Å². The second-order valence-electron chi connectivity index (χ2n) is 5.88. The zero-order valence-electron chi connectivity index (χ0n) is 14.2. The molecule has 0 radical (unpaired) electrons. The maximum absolute atomic E-state index is 12.6. The van der Waals surface area contributed by atoms with Crippen molar-refractivity contribution in [3.63, 3.8) is 0 Å². The highest BCUT2D eigenvalue weighted by atomic mass is 19.1. The Hall–Kier alpha value is -1.12. The number of carboxylic acids is 1. The normalized spacial score (nSPS) is 12.2. The molecule has 0 unspecified atom stereocenters. The first-order chi connectivity index (χ1) is 10.7. The zero-order chi connectivity index (χ0) is 16.5. The van der Waals surface area contributed by atoms with Gasteiger partial charge in [0.05, 0.1) is 0 Å². The summed E-state index contributed by atoms with van der Waals surface area (Å²) in [4.78, 5) is 10.2. The maximum Gasteiger partial charge on any atom is 0.364 e. The zero-order valence-corrected chi connectivity index (χ0v) is 14.2. The van der Waals surface area contributed by atoms with Gasteiger partial charge in [-0.3, -0.25) is 0 Å². The Balaban J connectivity index is 3.19. The van der Waals surface area contributed by atoms with Gasteiger partial charge in [-0.05, 0) is 38.2 Å². The number of hydrogen-bond donors (Lipinski definition) is 1. The summed E-state index contributed by atoms with van der Waals surface area (Å²) in [5.41, 5.74) is 0. The van der Waals surface area contributed by atoms with Crippen molar-refractivity contribution < 1.29 is 14.3 Å². The Bertz CT molecular complexity index is 321. The molecule has 0 aromatic rings. The molecule has 0 saturated carbocycles. The molecule has 0 aliphatic heterocycles. The molecule has 0 atom stereocenters. The van der Waals surface area contributed by atoms with Gasteiger partial charge in [0.25, 0.3) is 0 Å². The number of halogens is 1. The highest BCUT2D eigenvalue weighted by Crippen LogP contribution is 2.12. The van der Waals surface area contributed by atoms with E-state index in [2.05, 4.69) is 19.1 Å². The molecule has 0 spiro atoms. The smallest absolute Gasteiger partial charge is 0.364 e. The lowest BCUT2D eigenvalue weighted by Gasteiger charge is -2.01. The fraction of sp³-hybridized carbons (Fsp3) is 0.737. The lowest BCUT2D eigenvalue weighted by molar-refractivity contribution is -0.134. The second kappa shape index (κ2) is 16.3. The molecule has 0 fully saturated rings. The Kier molecular flexibility index (Phi) is 15.4. The lowest BCUT2D eigenvalue weighted by atomic mass is 10.1. The van der Waals surface area contributed by atoms with Crippen LogP contribution >= 0.6 is 0 Å². The molecule has 0 bridgehead atoms. The number of allylic oxidation sites excluding steroid dienone is 3. The fourth-order valence-electron chi connectivity index (χ4n) is 2.34. The molecule has 0 aliphatic carbocycles. The van der Waals surface area contributed by atoms with Crippen LogP contribution in [0.5, 0.6) is 0 Å². The molecule has 0 aromatic carbocycles. The van der Waals surface area contributed by atoms with Gasteiger partial charge in [-0.2, -0.15) is 4.39 Å². The number of carboxylic acid groups (broad SMARTS) is 1. The number of aliphatic carboxylic acids is 1. The summed E-state index contributed by atoms with van der Waals surface area (Å²) in [5.74, 6) is -2.48. The van der Waals surface area contributed by atoms with E-state index in [0.29, 0.717) is 6.42 Å². The highest BCUT2D eigenvalue weighted by molar-refractivity contribution is 5.83. The van der Waals surface area contributed by atoms with Crippen LogP contribution in [0.3, 0.4) is 0 Å². The van der Waals surface area contributed by atoms with E-state index < -0.39 is 11.8 Å². The van der Waals surface area contributed by atoms with Gasteiger partial charge in [0.2, 0.25) is 5.83 Å². The van der Waals surface area contributed by atoms with E-state index in [1.807, 2.05) is 0 Å². The Morgan fingerprint density at radius 2 is 1.27 bits per heavy atom. The van der Waals surface area contributed by atoms with Crippen LogP contribution in [0, 0.1) is 0 Å². The van der Waals surface area contributed by atoms with Crippen LogP contribution in [0.4, 0.5) is 4.39 Å². The predicted molar refractivity (Wildman–Crippen MR) is 91.7 cm³/mol. The molecule has 128 valence electrons. The van der Waals surface area contributed by atoms with Gasteiger partial charge in [-0.1, -0.05) is 70.4 Å². The van der Waals surface area contributed by atoms with E-state index in [0.717, 1.165) is 12.8 Å². The van der Waals surface area contributed by atoms with Crippen molar-refractivity contribution in [2.75, 3.05) is 0 Å². The van der Waals surface area contributed by atoms with Gasteiger partial charge in [0.1, 0.15) is 0 Å². The van der Waals surface area contributed by atoms with Crippen molar-refractivity contribution >= 4 is 5.97 Å². The second-order valence-corrected chi connectivity index (χ2v) is 5.88. The molecule has 1 N–H and O–H groups in total. The SMILES string of the molecule is CCCC/C=C\CCCCCCCCCCC=C(F)C(=O)O. The van der Waals surface area contributed by atoms with E-state index in [1.165, 1.54) is 70.3 Å². The van der Waals surface area contributed by atoms with Gasteiger partial charge in [-0.15, -0.1) is 0 Å². The molecular formula is C19H33FO2. The number of carbonyl (C=O) groups is 1. The topological polar surface area (TPSA) is 37.3 Å². The average Bonchev–Trinajstić information content (AvgIpc) is 2.50. The molecular weight excluding hydrogens is 279 g/mol. The first-order valence-electron chi connectivity index (χ1n) is 8.92. The summed E-state index contributed by atoms with van der Waals surface area (Å²) < 4.78 is 12.6. The third-order valence-corrected chi connectivity index (χ3v) is 3.74. The Labute approximate surface area is 135 Å². The molecule has 0 heterocycles. The van der Waals surface area contributed by atoms with Crippen LogP contribution in [-0.4, -0.2) is 11.1 Å². The molecule has 0 amide bonds. The number of hydrogen-bond acceptors (Lipinski definition) is 1. The van der Waals surface area contributed by atoms with Crippen LogP contribution in [0.2, 0.25) is 0 Å². The quantitative estimate of drug-likeness (QED) is 0.211. The lowest BCUT2D eigenvalue weighted by Crippen LogP contribution is -1.94. The van der Waals surface area contributed by atoms with Crippen molar-refractivity contribution in [3.05, 3.63) is 24.1 Å². The maximum atomic E-state index is 12.6. The summed E-state index contributed by atoms with van der Waals surface area (Å²) in [6.45, 7) is 2.22. The third kappa shape index (κ3) is 15.3. The third-order valence-electron chi connectivity index (χ3n) is 3.74. The van der Waals surface area contributed by atoms with Gasteiger partial charge >= 0.3 is 5.97 Å². The van der Waals surface area contributed by atoms with Crippen molar-refractivity contribution in [3.8, 4) is 0 Å². The van der Waals surface area contributed by atoms with E-state index in [9.17, 15) is 9.18 Å². The van der Waals surface area contributed by atoms with Crippen molar-refractivity contribution in [1.29, 1.82) is 0 Å². The standard InChI is InChI=1S/C19H33FO2/c1-2-3-4-5-6-7-8-9-10-11-12-13-14-15-16-17-18(20)19(21)22/h5-6,17H,2-4,7-16H2,1H3,(H,21,22)/b6-5-,18-17?. The van der Waals surface area contributed by atoms with Crippen LogP contribution in [0.15, 0.2) is 24.1 Å². The van der Waals surface area contributed by atoms with E-state index in [4.69, 9.17) is 5.11 Å².